The molecule has 0 heterocycles. The van der Waals surface area contributed by atoms with E-state index in [2.05, 4.69) is 50.7 Å². The lowest BCUT2D eigenvalue weighted by molar-refractivity contribution is 0.419. The average molecular weight is 168 g/mol. The lowest BCUT2D eigenvalue weighted by Gasteiger charge is -2.23. The number of nitrogens with zero attached hydrogens (tertiary/aromatic N) is 2. The Hall–Kier alpha value is -0.790. The summed E-state index contributed by atoms with van der Waals surface area (Å²) in [6, 6.07) is 0.499. The van der Waals surface area contributed by atoms with Crippen molar-refractivity contribution in [2.24, 2.45) is 4.99 Å². The van der Waals surface area contributed by atoms with Gasteiger partial charge in [0.25, 0.3) is 0 Å². The molecule has 0 N–H and O–H groups in total. The maximum Gasteiger partial charge on any atom is 0.123 e. The largest absolute Gasteiger partial charge is 0.358 e. The first kappa shape index (κ1) is 11.2. The second-order valence-electron chi connectivity index (χ2n) is 3.51. The van der Waals surface area contributed by atoms with Crippen LogP contribution in [0.4, 0.5) is 0 Å². The van der Waals surface area contributed by atoms with Gasteiger partial charge >= 0.3 is 0 Å². The fraction of sp³-hybridized carbons (Fsp3) is 0.700. The molecular formula is C10H20N2. The molecule has 2 heteroatoms. The highest BCUT2D eigenvalue weighted by molar-refractivity contribution is 5.93. The van der Waals surface area contributed by atoms with Crippen molar-refractivity contribution >= 4 is 5.84 Å². The van der Waals surface area contributed by atoms with Crippen LogP contribution in [0.25, 0.3) is 0 Å². The van der Waals surface area contributed by atoms with Crippen LogP contribution in [0.15, 0.2) is 16.6 Å². The van der Waals surface area contributed by atoms with Crippen molar-refractivity contribution in [2.75, 3.05) is 14.1 Å². The third-order valence-corrected chi connectivity index (χ3v) is 1.78. The van der Waals surface area contributed by atoms with E-state index in [1.165, 1.54) is 5.57 Å². The Balaban J connectivity index is 4.49. The molecule has 0 rings (SSSR count). The zero-order chi connectivity index (χ0) is 9.72. The summed E-state index contributed by atoms with van der Waals surface area (Å²) in [4.78, 5) is 6.38. The maximum absolute atomic E-state index is 4.22. The SMILES string of the molecule is CN=C(C=C(C)C)N(C)C(C)C. The van der Waals surface area contributed by atoms with Gasteiger partial charge in [-0.2, -0.15) is 0 Å². The van der Waals surface area contributed by atoms with E-state index in [9.17, 15) is 0 Å². The van der Waals surface area contributed by atoms with Gasteiger partial charge in [0.05, 0.1) is 0 Å². The van der Waals surface area contributed by atoms with Gasteiger partial charge in [-0.15, -0.1) is 0 Å². The first-order valence-electron chi connectivity index (χ1n) is 4.33. The molecule has 0 aromatic rings. The minimum atomic E-state index is 0.499. The van der Waals surface area contributed by atoms with Gasteiger partial charge in [0, 0.05) is 20.1 Å². The molecule has 0 aliphatic carbocycles. The van der Waals surface area contributed by atoms with Crippen LogP contribution in [-0.4, -0.2) is 30.9 Å². The van der Waals surface area contributed by atoms with Gasteiger partial charge < -0.3 is 4.90 Å². The number of hydrogen-bond donors (Lipinski definition) is 0. The lowest BCUT2D eigenvalue weighted by Crippen LogP contribution is -2.31. The molecule has 0 aromatic carbocycles. The molecule has 12 heavy (non-hydrogen) atoms. The molecule has 0 aromatic heterocycles. The van der Waals surface area contributed by atoms with E-state index < -0.39 is 0 Å². The van der Waals surface area contributed by atoms with Crippen LogP contribution in [0.3, 0.4) is 0 Å². The Morgan fingerprint density at radius 2 is 1.83 bits per heavy atom. The van der Waals surface area contributed by atoms with E-state index in [1.54, 1.807) is 0 Å². The van der Waals surface area contributed by atoms with Gasteiger partial charge in [0.15, 0.2) is 0 Å². The van der Waals surface area contributed by atoms with Gasteiger partial charge in [0.1, 0.15) is 5.84 Å². The van der Waals surface area contributed by atoms with Gasteiger partial charge in [-0.1, -0.05) is 5.57 Å². The third kappa shape index (κ3) is 3.56. The average Bonchev–Trinajstić information content (AvgIpc) is 1.98. The van der Waals surface area contributed by atoms with E-state index in [1.807, 2.05) is 7.05 Å². The fourth-order valence-electron chi connectivity index (χ4n) is 0.847. The molecule has 70 valence electrons. The summed E-state index contributed by atoms with van der Waals surface area (Å²) in [6.45, 7) is 8.48. The number of aliphatic imine (C=N–C) groups is 1. The molecule has 0 atom stereocenters. The first-order chi connectivity index (χ1) is 5.49. The van der Waals surface area contributed by atoms with Crippen molar-refractivity contribution in [1.82, 2.24) is 4.90 Å². The van der Waals surface area contributed by atoms with Crippen LogP contribution in [0.5, 0.6) is 0 Å². The number of likely N-dealkylation sites (N-methyl/N-ethyl adjacent to an activating group) is 1. The molecule has 0 unspecified atom stereocenters. The highest BCUT2D eigenvalue weighted by Crippen LogP contribution is 2.00. The number of allylic oxidation sites excluding steroid dienone is 1. The first-order valence-corrected chi connectivity index (χ1v) is 4.33. The predicted octanol–water partition coefficient (Wildman–Crippen LogP) is 2.32. The second-order valence-corrected chi connectivity index (χ2v) is 3.51. The Kier molecular flexibility index (Phi) is 4.64. The monoisotopic (exact) mass is 168 g/mol. The zero-order valence-electron chi connectivity index (χ0n) is 9.05. The van der Waals surface area contributed by atoms with Gasteiger partial charge in [-0.3, -0.25) is 4.99 Å². The number of amidine groups is 1. The van der Waals surface area contributed by atoms with E-state index in [-0.39, 0.29) is 0 Å². The number of rotatable bonds is 2. The van der Waals surface area contributed by atoms with E-state index >= 15 is 0 Å². The molecule has 0 spiro atoms. The van der Waals surface area contributed by atoms with Crippen LogP contribution in [-0.2, 0) is 0 Å². The molecule has 0 amide bonds. The third-order valence-electron chi connectivity index (χ3n) is 1.78. The Labute approximate surface area is 76.0 Å². The standard InChI is InChI=1S/C10H20N2/c1-8(2)7-10(11-5)12(6)9(3)4/h7,9H,1-6H3. The van der Waals surface area contributed by atoms with E-state index in [0.717, 1.165) is 5.84 Å². The smallest absolute Gasteiger partial charge is 0.123 e. The molecule has 0 radical (unpaired) electrons. The van der Waals surface area contributed by atoms with Crippen molar-refractivity contribution in [2.45, 2.75) is 33.7 Å². The maximum atomic E-state index is 4.22. The number of hydrogen-bond acceptors (Lipinski definition) is 1. The highest BCUT2D eigenvalue weighted by Gasteiger charge is 2.05. The van der Waals surface area contributed by atoms with E-state index in [0.29, 0.717) is 6.04 Å². The fourth-order valence-corrected chi connectivity index (χ4v) is 0.847. The lowest BCUT2D eigenvalue weighted by atomic mass is 10.2. The summed E-state index contributed by atoms with van der Waals surface area (Å²) in [7, 11) is 3.89. The summed E-state index contributed by atoms with van der Waals surface area (Å²) < 4.78 is 0. The Bertz CT molecular complexity index is 186. The summed E-state index contributed by atoms with van der Waals surface area (Å²) >= 11 is 0. The van der Waals surface area contributed by atoms with Crippen LogP contribution >= 0.6 is 0 Å². The van der Waals surface area contributed by atoms with Crippen LogP contribution < -0.4 is 0 Å². The topological polar surface area (TPSA) is 15.6 Å². The van der Waals surface area contributed by atoms with Crippen molar-refractivity contribution in [3.05, 3.63) is 11.6 Å². The van der Waals surface area contributed by atoms with Crippen LogP contribution in [0.1, 0.15) is 27.7 Å². The highest BCUT2D eigenvalue weighted by atomic mass is 15.2. The molecule has 0 aliphatic rings. The summed E-state index contributed by atoms with van der Waals surface area (Å²) in [5.41, 5.74) is 1.28. The second kappa shape index (κ2) is 4.96. The van der Waals surface area contributed by atoms with Crippen molar-refractivity contribution in [3.8, 4) is 0 Å². The molecule has 0 fully saturated rings. The normalized spacial score (nSPS) is 11.8. The molecule has 0 saturated heterocycles. The minimum absolute atomic E-state index is 0.499. The molecule has 2 nitrogen and oxygen atoms in total. The Morgan fingerprint density at radius 1 is 1.33 bits per heavy atom. The van der Waals surface area contributed by atoms with Crippen molar-refractivity contribution < 1.29 is 0 Å². The molecule has 0 bridgehead atoms. The molecule has 0 aliphatic heterocycles. The van der Waals surface area contributed by atoms with Crippen molar-refractivity contribution in [1.29, 1.82) is 0 Å². The van der Waals surface area contributed by atoms with Gasteiger partial charge in [-0.25, -0.2) is 0 Å². The van der Waals surface area contributed by atoms with Gasteiger partial charge in [0.2, 0.25) is 0 Å². The quantitative estimate of drug-likeness (QED) is 0.456. The summed E-state index contributed by atoms with van der Waals surface area (Å²) in [5.74, 6) is 1.05. The Morgan fingerprint density at radius 3 is 2.08 bits per heavy atom. The van der Waals surface area contributed by atoms with Crippen LogP contribution in [0.2, 0.25) is 0 Å². The summed E-state index contributed by atoms with van der Waals surface area (Å²) in [5, 5.41) is 0. The minimum Gasteiger partial charge on any atom is -0.358 e. The zero-order valence-corrected chi connectivity index (χ0v) is 9.05. The van der Waals surface area contributed by atoms with E-state index in [4.69, 9.17) is 0 Å². The predicted molar refractivity (Wildman–Crippen MR) is 55.7 cm³/mol. The summed E-state index contributed by atoms with van der Waals surface area (Å²) in [6.07, 6.45) is 2.10. The van der Waals surface area contributed by atoms with Crippen molar-refractivity contribution in [3.63, 3.8) is 0 Å². The van der Waals surface area contributed by atoms with Crippen LogP contribution in [0, 0.1) is 0 Å². The molecular weight excluding hydrogens is 148 g/mol. The molecule has 0 saturated carbocycles. The van der Waals surface area contributed by atoms with Gasteiger partial charge in [-0.05, 0) is 33.8 Å².